The summed E-state index contributed by atoms with van der Waals surface area (Å²) in [5.74, 6) is -0.248. The molecule has 14 heteroatoms. The van der Waals surface area contributed by atoms with E-state index in [1.54, 1.807) is 34.1 Å². The van der Waals surface area contributed by atoms with Gasteiger partial charge >= 0.3 is 0 Å². The quantitative estimate of drug-likeness (QED) is 0.186. The summed E-state index contributed by atoms with van der Waals surface area (Å²) in [4.78, 5) is 64.9. The number of hydrogen-bond donors (Lipinski definition) is 2. The zero-order valence-electron chi connectivity index (χ0n) is 30.5. The average molecular weight is 735 g/mol. The minimum atomic E-state index is -0.628. The van der Waals surface area contributed by atoms with E-state index in [1.165, 1.54) is 28.4 Å². The Morgan fingerprint density at radius 2 is 0.963 bits per heavy atom. The molecule has 54 heavy (non-hydrogen) atoms. The number of hydrogen-bond acceptors (Lipinski definition) is 10. The molecule has 0 saturated carbocycles. The highest BCUT2D eigenvalue weighted by atomic mass is 16.5. The van der Waals surface area contributed by atoms with Crippen molar-refractivity contribution >= 4 is 47.2 Å². The second-order valence-corrected chi connectivity index (χ2v) is 12.7. The van der Waals surface area contributed by atoms with Crippen LogP contribution in [0.5, 0.6) is 23.5 Å². The maximum absolute atomic E-state index is 13.4. The van der Waals surface area contributed by atoms with E-state index in [9.17, 15) is 19.2 Å². The molecule has 0 aliphatic carbocycles. The standard InChI is InChI=1S/C40H42N6O8/c1-51-33-21-19-29(37(43-33)53-3)39(49)45-23-5-7-31(45)35(47)41-27-15-11-25(12-16-27)9-10-26-13-17-28(18-14-26)42-36(48)32-8-6-24-46(32)40(50)30-20-22-34(52-2)44-38(30)54-4/h9-22,31-32H,5-8,23-24H2,1-4H3,(H,41,47)(H,42,48)/t31-,32-/m0/s1. The number of likely N-dealkylation sites (tertiary alicyclic amines) is 2. The maximum atomic E-state index is 13.4. The minimum absolute atomic E-state index is 0.142. The summed E-state index contributed by atoms with van der Waals surface area (Å²) in [7, 11) is 5.83. The van der Waals surface area contributed by atoms with Gasteiger partial charge in [-0.1, -0.05) is 36.4 Å². The van der Waals surface area contributed by atoms with E-state index >= 15 is 0 Å². The van der Waals surface area contributed by atoms with Crippen molar-refractivity contribution in [3.8, 4) is 23.5 Å². The van der Waals surface area contributed by atoms with Crippen LogP contribution in [0.15, 0.2) is 72.8 Å². The third kappa shape index (κ3) is 8.27. The summed E-state index contributed by atoms with van der Waals surface area (Å²) < 4.78 is 20.9. The summed E-state index contributed by atoms with van der Waals surface area (Å²) in [6.07, 6.45) is 6.38. The number of rotatable bonds is 12. The molecular formula is C40H42N6O8. The number of nitrogens with zero attached hydrogens (tertiary/aromatic N) is 4. The summed E-state index contributed by atoms with van der Waals surface area (Å²) in [5.41, 5.74) is 3.59. The van der Waals surface area contributed by atoms with E-state index in [-0.39, 0.29) is 46.5 Å². The molecule has 2 fully saturated rings. The molecule has 0 bridgehead atoms. The van der Waals surface area contributed by atoms with Crippen LogP contribution in [0, 0.1) is 0 Å². The van der Waals surface area contributed by atoms with Crippen molar-refractivity contribution in [1.29, 1.82) is 0 Å². The first-order valence-electron chi connectivity index (χ1n) is 17.5. The molecule has 0 unspecified atom stereocenters. The van der Waals surface area contributed by atoms with E-state index in [0.717, 1.165) is 11.1 Å². The molecule has 280 valence electrons. The number of carbonyl (C=O) groups excluding carboxylic acids is 4. The molecule has 2 aliphatic rings. The van der Waals surface area contributed by atoms with Crippen molar-refractivity contribution in [1.82, 2.24) is 19.8 Å². The summed E-state index contributed by atoms with van der Waals surface area (Å²) in [6, 6.07) is 19.9. The molecule has 4 amide bonds. The van der Waals surface area contributed by atoms with E-state index < -0.39 is 12.1 Å². The Morgan fingerprint density at radius 1 is 0.574 bits per heavy atom. The highest BCUT2D eigenvalue weighted by Crippen LogP contribution is 2.29. The van der Waals surface area contributed by atoms with Gasteiger partial charge in [-0.05, 0) is 73.2 Å². The molecule has 2 aromatic heterocycles. The summed E-state index contributed by atoms with van der Waals surface area (Å²) >= 11 is 0. The van der Waals surface area contributed by atoms with Gasteiger partial charge in [0.05, 0.1) is 28.4 Å². The lowest BCUT2D eigenvalue weighted by molar-refractivity contribution is -0.120. The van der Waals surface area contributed by atoms with Crippen LogP contribution in [-0.4, -0.2) is 97.0 Å². The number of ether oxygens (including phenoxy) is 4. The first kappa shape index (κ1) is 37.3. The predicted molar refractivity (Wildman–Crippen MR) is 202 cm³/mol. The number of amides is 4. The molecule has 6 rings (SSSR count). The Balaban J connectivity index is 1.02. The fourth-order valence-corrected chi connectivity index (χ4v) is 6.58. The Kier molecular flexibility index (Phi) is 11.7. The normalized spacial score (nSPS) is 16.6. The van der Waals surface area contributed by atoms with Crippen molar-refractivity contribution in [3.05, 3.63) is 95.1 Å². The van der Waals surface area contributed by atoms with Crippen LogP contribution >= 0.6 is 0 Å². The zero-order chi connectivity index (χ0) is 38.2. The minimum Gasteiger partial charge on any atom is -0.481 e. The molecule has 0 radical (unpaired) electrons. The molecule has 0 spiro atoms. The topological polar surface area (TPSA) is 162 Å². The third-order valence-corrected chi connectivity index (χ3v) is 9.39. The van der Waals surface area contributed by atoms with Gasteiger partial charge in [0.2, 0.25) is 35.3 Å². The van der Waals surface area contributed by atoms with Gasteiger partial charge in [0.1, 0.15) is 23.2 Å². The predicted octanol–water partition coefficient (Wildman–Crippen LogP) is 5.17. The van der Waals surface area contributed by atoms with Gasteiger partial charge in [-0.2, -0.15) is 9.97 Å². The fourth-order valence-electron chi connectivity index (χ4n) is 6.58. The lowest BCUT2D eigenvalue weighted by Crippen LogP contribution is -2.43. The number of benzene rings is 2. The lowest BCUT2D eigenvalue weighted by atomic mass is 10.1. The van der Waals surface area contributed by atoms with Gasteiger partial charge in [-0.3, -0.25) is 19.2 Å². The van der Waals surface area contributed by atoms with Crippen LogP contribution in [-0.2, 0) is 9.59 Å². The van der Waals surface area contributed by atoms with E-state index in [0.29, 0.717) is 61.9 Å². The van der Waals surface area contributed by atoms with Crippen LogP contribution in [0.25, 0.3) is 12.2 Å². The van der Waals surface area contributed by atoms with Crippen LogP contribution in [0.2, 0.25) is 0 Å². The highest BCUT2D eigenvalue weighted by molar-refractivity contribution is 6.03. The number of carbonyl (C=O) groups is 4. The number of anilines is 2. The van der Waals surface area contributed by atoms with Crippen molar-refractivity contribution in [2.45, 2.75) is 37.8 Å². The molecule has 14 nitrogen and oxygen atoms in total. The van der Waals surface area contributed by atoms with Crippen molar-refractivity contribution < 1.29 is 38.1 Å². The summed E-state index contributed by atoms with van der Waals surface area (Å²) in [5, 5.41) is 5.89. The average Bonchev–Trinajstić information content (AvgIpc) is 3.91. The van der Waals surface area contributed by atoms with Gasteiger partial charge in [0.15, 0.2) is 0 Å². The van der Waals surface area contributed by atoms with Gasteiger partial charge < -0.3 is 39.4 Å². The second kappa shape index (κ2) is 16.9. The van der Waals surface area contributed by atoms with Gasteiger partial charge in [0, 0.05) is 36.6 Å². The van der Waals surface area contributed by atoms with Crippen LogP contribution in [0.4, 0.5) is 11.4 Å². The molecule has 2 N–H and O–H groups in total. The maximum Gasteiger partial charge on any atom is 0.260 e. The van der Waals surface area contributed by atoms with Crippen LogP contribution < -0.4 is 29.6 Å². The second-order valence-electron chi connectivity index (χ2n) is 12.7. The van der Waals surface area contributed by atoms with Crippen molar-refractivity contribution in [2.24, 2.45) is 0 Å². The van der Waals surface area contributed by atoms with E-state index in [4.69, 9.17) is 18.9 Å². The van der Waals surface area contributed by atoms with Crippen molar-refractivity contribution in [3.63, 3.8) is 0 Å². The molecule has 2 saturated heterocycles. The molecule has 4 heterocycles. The van der Waals surface area contributed by atoms with Crippen LogP contribution in [0.3, 0.4) is 0 Å². The number of methoxy groups -OCH3 is 4. The fraction of sp³-hybridized carbons (Fsp3) is 0.300. The van der Waals surface area contributed by atoms with Crippen molar-refractivity contribution in [2.75, 3.05) is 52.2 Å². The number of aromatic nitrogens is 2. The molecule has 4 aromatic rings. The Labute approximate surface area is 313 Å². The number of nitrogens with one attached hydrogen (secondary N) is 2. The van der Waals surface area contributed by atoms with Gasteiger partial charge in [-0.25, -0.2) is 0 Å². The highest BCUT2D eigenvalue weighted by Gasteiger charge is 2.37. The monoisotopic (exact) mass is 734 g/mol. The first-order valence-corrected chi connectivity index (χ1v) is 17.5. The van der Waals surface area contributed by atoms with Gasteiger partial charge in [-0.15, -0.1) is 0 Å². The molecule has 2 aromatic carbocycles. The largest absolute Gasteiger partial charge is 0.481 e. The smallest absolute Gasteiger partial charge is 0.260 e. The van der Waals surface area contributed by atoms with E-state index in [1.807, 2.05) is 60.7 Å². The summed E-state index contributed by atoms with van der Waals surface area (Å²) in [6.45, 7) is 0.894. The molecular weight excluding hydrogens is 692 g/mol. The molecule has 2 aliphatic heterocycles. The third-order valence-electron chi connectivity index (χ3n) is 9.39. The van der Waals surface area contributed by atoms with Crippen LogP contribution in [0.1, 0.15) is 57.5 Å². The van der Waals surface area contributed by atoms with Gasteiger partial charge in [0.25, 0.3) is 11.8 Å². The Bertz CT molecular complexity index is 1890. The SMILES string of the molecule is COc1ccc(C(=O)N2CCC[C@H]2C(=O)Nc2ccc(C=Cc3ccc(NC(=O)[C@@H]4CCCN4C(=O)c4ccc(OC)nc4OC)cc3)cc2)c(OC)n1. The van der Waals surface area contributed by atoms with E-state index in [2.05, 4.69) is 20.6 Å². The first-order chi connectivity index (χ1) is 26.2. The Hall–Kier alpha value is -6.44. The molecule has 2 atom stereocenters. The number of pyridine rings is 2. The lowest BCUT2D eigenvalue weighted by Gasteiger charge is -2.24. The Morgan fingerprint density at radius 3 is 1.31 bits per heavy atom. The zero-order valence-corrected chi connectivity index (χ0v) is 30.5.